The molecule has 1 aliphatic carbocycles. The molecule has 0 aromatic heterocycles. The van der Waals surface area contributed by atoms with Crippen molar-refractivity contribution in [3.63, 3.8) is 0 Å². The molecular formula is C14H13NO. The van der Waals surface area contributed by atoms with Gasteiger partial charge in [-0.05, 0) is 30.4 Å². The number of carbonyl (C=O) groups is 1. The monoisotopic (exact) mass is 211 g/mol. The Balaban J connectivity index is 1.86. The zero-order chi connectivity index (χ0) is 11.1. The van der Waals surface area contributed by atoms with Crippen molar-refractivity contribution >= 4 is 5.91 Å². The molecule has 1 aliphatic heterocycles. The highest BCUT2D eigenvalue weighted by molar-refractivity contribution is 5.97. The van der Waals surface area contributed by atoms with Crippen LogP contribution in [0.4, 0.5) is 0 Å². The van der Waals surface area contributed by atoms with Crippen LogP contribution in [0.2, 0.25) is 0 Å². The number of terminal acetylenes is 1. The molecule has 2 fully saturated rings. The van der Waals surface area contributed by atoms with Crippen LogP contribution in [0.5, 0.6) is 0 Å². The van der Waals surface area contributed by atoms with Gasteiger partial charge in [-0.2, -0.15) is 0 Å². The van der Waals surface area contributed by atoms with Crippen LogP contribution in [0.25, 0.3) is 0 Å². The third kappa shape index (κ3) is 1.40. The van der Waals surface area contributed by atoms with Gasteiger partial charge in [0, 0.05) is 18.7 Å². The lowest BCUT2D eigenvalue weighted by molar-refractivity contribution is 0.0775. The first-order chi connectivity index (χ1) is 7.79. The van der Waals surface area contributed by atoms with Crippen LogP contribution in [0, 0.1) is 24.2 Å². The second-order valence-electron chi connectivity index (χ2n) is 4.66. The van der Waals surface area contributed by atoms with E-state index in [1.807, 2.05) is 29.2 Å². The molecule has 1 heterocycles. The molecule has 1 amide bonds. The molecule has 0 radical (unpaired) electrons. The molecule has 1 aromatic carbocycles. The van der Waals surface area contributed by atoms with Crippen LogP contribution in [0.3, 0.4) is 0 Å². The van der Waals surface area contributed by atoms with Crippen molar-refractivity contribution in [2.75, 3.05) is 13.1 Å². The molecule has 2 nitrogen and oxygen atoms in total. The van der Waals surface area contributed by atoms with Gasteiger partial charge in [-0.15, -0.1) is 6.42 Å². The second kappa shape index (κ2) is 3.38. The maximum absolute atomic E-state index is 12.2. The lowest BCUT2D eigenvalue weighted by Crippen LogP contribution is -2.30. The summed E-state index contributed by atoms with van der Waals surface area (Å²) in [6.45, 7) is 1.84. The van der Waals surface area contributed by atoms with E-state index in [4.69, 9.17) is 6.42 Å². The molecule has 0 bridgehead atoms. The Kier molecular flexibility index (Phi) is 2.00. The molecule has 16 heavy (non-hydrogen) atoms. The Morgan fingerprint density at radius 1 is 1.31 bits per heavy atom. The Morgan fingerprint density at radius 3 is 2.69 bits per heavy atom. The second-order valence-corrected chi connectivity index (χ2v) is 4.66. The summed E-state index contributed by atoms with van der Waals surface area (Å²) in [4.78, 5) is 14.2. The predicted octanol–water partition coefficient (Wildman–Crippen LogP) is 1.76. The molecule has 0 spiro atoms. The van der Waals surface area contributed by atoms with E-state index in [-0.39, 0.29) is 5.91 Å². The first kappa shape index (κ1) is 9.47. The van der Waals surface area contributed by atoms with Crippen LogP contribution < -0.4 is 0 Å². The fourth-order valence-electron chi connectivity index (χ4n) is 2.53. The van der Waals surface area contributed by atoms with Crippen molar-refractivity contribution in [2.24, 2.45) is 11.8 Å². The zero-order valence-electron chi connectivity index (χ0n) is 9.02. The van der Waals surface area contributed by atoms with E-state index in [0.29, 0.717) is 11.1 Å². The number of rotatable bonds is 1. The minimum absolute atomic E-state index is 0.0979. The number of hydrogen-bond donors (Lipinski definition) is 0. The highest BCUT2D eigenvalue weighted by Crippen LogP contribution is 2.45. The summed E-state index contributed by atoms with van der Waals surface area (Å²) < 4.78 is 0. The number of hydrogen-bond acceptors (Lipinski definition) is 1. The molecule has 2 aliphatic rings. The molecule has 3 rings (SSSR count). The third-order valence-corrected chi connectivity index (χ3v) is 3.58. The topological polar surface area (TPSA) is 20.3 Å². The van der Waals surface area contributed by atoms with Gasteiger partial charge in [0.2, 0.25) is 0 Å². The first-order valence-electron chi connectivity index (χ1n) is 5.64. The van der Waals surface area contributed by atoms with Crippen molar-refractivity contribution in [1.82, 2.24) is 4.90 Å². The lowest BCUT2D eigenvalue weighted by atomic mass is 10.1. The van der Waals surface area contributed by atoms with E-state index < -0.39 is 0 Å². The van der Waals surface area contributed by atoms with Crippen LogP contribution >= 0.6 is 0 Å². The largest absolute Gasteiger partial charge is 0.338 e. The fourth-order valence-corrected chi connectivity index (χ4v) is 2.53. The van der Waals surface area contributed by atoms with Crippen molar-refractivity contribution in [2.45, 2.75) is 6.42 Å². The van der Waals surface area contributed by atoms with Crippen molar-refractivity contribution in [1.29, 1.82) is 0 Å². The minimum atomic E-state index is 0.0979. The number of benzene rings is 1. The molecule has 80 valence electrons. The molecular weight excluding hydrogens is 198 g/mol. The Hall–Kier alpha value is -1.75. The Morgan fingerprint density at radius 2 is 2.00 bits per heavy atom. The number of carbonyl (C=O) groups excluding carboxylic acids is 1. The average molecular weight is 211 g/mol. The van der Waals surface area contributed by atoms with Gasteiger partial charge in [0.25, 0.3) is 5.91 Å². The summed E-state index contributed by atoms with van der Waals surface area (Å²) in [6.07, 6.45) is 6.71. The summed E-state index contributed by atoms with van der Waals surface area (Å²) >= 11 is 0. The van der Waals surface area contributed by atoms with E-state index >= 15 is 0 Å². The summed E-state index contributed by atoms with van der Waals surface area (Å²) in [5, 5.41) is 0. The Labute approximate surface area is 95.3 Å². The number of likely N-dealkylation sites (tertiary alicyclic amines) is 1. The highest BCUT2D eigenvalue weighted by atomic mass is 16.2. The summed E-state index contributed by atoms with van der Waals surface area (Å²) in [6, 6.07) is 7.38. The van der Waals surface area contributed by atoms with E-state index in [1.54, 1.807) is 0 Å². The number of nitrogens with zero attached hydrogens (tertiary/aromatic N) is 1. The third-order valence-electron chi connectivity index (χ3n) is 3.58. The van der Waals surface area contributed by atoms with Gasteiger partial charge in [0.1, 0.15) is 0 Å². The van der Waals surface area contributed by atoms with Gasteiger partial charge >= 0.3 is 0 Å². The highest BCUT2D eigenvalue weighted by Gasteiger charge is 2.46. The zero-order valence-corrected chi connectivity index (χ0v) is 9.02. The van der Waals surface area contributed by atoms with Gasteiger partial charge in [-0.25, -0.2) is 0 Å². The summed E-state index contributed by atoms with van der Waals surface area (Å²) in [5.74, 6) is 4.20. The molecule has 0 N–H and O–H groups in total. The molecule has 2 heteroatoms. The average Bonchev–Trinajstić information content (AvgIpc) is 2.95. The maximum atomic E-state index is 12.2. The van der Waals surface area contributed by atoms with Crippen LogP contribution in [0.1, 0.15) is 22.3 Å². The fraction of sp³-hybridized carbons (Fsp3) is 0.357. The quantitative estimate of drug-likeness (QED) is 0.648. The van der Waals surface area contributed by atoms with E-state index in [1.165, 1.54) is 6.42 Å². The van der Waals surface area contributed by atoms with Crippen molar-refractivity contribution in [3.8, 4) is 12.3 Å². The number of amides is 1. The van der Waals surface area contributed by atoms with Gasteiger partial charge in [-0.1, -0.05) is 18.1 Å². The lowest BCUT2D eigenvalue weighted by Gasteiger charge is -2.18. The van der Waals surface area contributed by atoms with Crippen molar-refractivity contribution < 1.29 is 4.79 Å². The van der Waals surface area contributed by atoms with Gasteiger partial charge in [0.15, 0.2) is 0 Å². The number of fused-ring (bicyclic) bond motifs is 1. The molecule has 1 saturated carbocycles. The summed E-state index contributed by atoms with van der Waals surface area (Å²) in [5.41, 5.74) is 1.37. The minimum Gasteiger partial charge on any atom is -0.338 e. The smallest absolute Gasteiger partial charge is 0.255 e. The van der Waals surface area contributed by atoms with Gasteiger partial charge in [0.05, 0.1) is 5.56 Å². The molecule has 2 atom stereocenters. The molecule has 2 unspecified atom stereocenters. The molecule has 1 saturated heterocycles. The van der Waals surface area contributed by atoms with Crippen LogP contribution in [0.15, 0.2) is 24.3 Å². The normalized spacial score (nSPS) is 26.1. The SMILES string of the molecule is C#Cc1ccccc1C(=O)N1CC2CC2C1. The maximum Gasteiger partial charge on any atom is 0.255 e. The molecule has 1 aromatic rings. The van der Waals surface area contributed by atoms with Gasteiger partial charge in [-0.3, -0.25) is 4.79 Å². The first-order valence-corrected chi connectivity index (χ1v) is 5.64. The van der Waals surface area contributed by atoms with Gasteiger partial charge < -0.3 is 4.90 Å². The van der Waals surface area contributed by atoms with Crippen LogP contribution in [-0.2, 0) is 0 Å². The van der Waals surface area contributed by atoms with E-state index in [2.05, 4.69) is 5.92 Å². The Bertz CT molecular complexity index is 476. The predicted molar refractivity (Wildman–Crippen MR) is 61.9 cm³/mol. The van der Waals surface area contributed by atoms with E-state index in [9.17, 15) is 4.79 Å². The van der Waals surface area contributed by atoms with E-state index in [0.717, 1.165) is 24.9 Å². The standard InChI is InChI=1S/C14H13NO/c1-2-10-5-3-4-6-13(10)14(16)15-8-11-7-12(11)9-15/h1,3-6,11-12H,7-9H2. The summed E-state index contributed by atoms with van der Waals surface area (Å²) in [7, 11) is 0. The number of piperidine rings is 1. The van der Waals surface area contributed by atoms with Crippen LogP contribution in [-0.4, -0.2) is 23.9 Å². The van der Waals surface area contributed by atoms with Crippen molar-refractivity contribution in [3.05, 3.63) is 35.4 Å².